The van der Waals surface area contributed by atoms with Gasteiger partial charge >= 0.3 is 0 Å². The van der Waals surface area contributed by atoms with E-state index in [1.807, 2.05) is 6.26 Å². The van der Waals surface area contributed by atoms with Gasteiger partial charge < -0.3 is 4.74 Å². The largest absolute Gasteiger partial charge is 0.493 e. The highest BCUT2D eigenvalue weighted by molar-refractivity contribution is 5.20. The van der Waals surface area contributed by atoms with E-state index in [0.29, 0.717) is 12.0 Å². The van der Waals surface area contributed by atoms with Crippen LogP contribution in [0.4, 0.5) is 0 Å². The molecule has 1 aliphatic carbocycles. The van der Waals surface area contributed by atoms with Crippen molar-refractivity contribution >= 4 is 0 Å². The molecule has 1 nitrogen and oxygen atoms in total. The van der Waals surface area contributed by atoms with Crippen molar-refractivity contribution in [3.8, 4) is 0 Å². The van der Waals surface area contributed by atoms with Crippen LogP contribution in [0, 0.1) is 5.92 Å². The van der Waals surface area contributed by atoms with Crippen LogP contribution in [0.1, 0.15) is 26.7 Å². The van der Waals surface area contributed by atoms with Crippen LogP contribution in [0.15, 0.2) is 23.5 Å². The summed E-state index contributed by atoms with van der Waals surface area (Å²) in [6.07, 6.45) is 7.07. The van der Waals surface area contributed by atoms with E-state index in [-0.39, 0.29) is 0 Å². The summed E-state index contributed by atoms with van der Waals surface area (Å²) in [5.41, 5.74) is 2.90. The monoisotopic (exact) mass is 150 g/mol. The smallest absolute Gasteiger partial charge is 0.123 e. The number of fused-ring (bicyclic) bond motifs is 1. The zero-order chi connectivity index (χ0) is 7.84. The fraction of sp³-hybridized carbons (Fsp3) is 0.600. The van der Waals surface area contributed by atoms with Crippen molar-refractivity contribution in [3.05, 3.63) is 23.5 Å². The lowest BCUT2D eigenvalue weighted by Gasteiger charge is -2.22. The Balaban J connectivity index is 2.20. The van der Waals surface area contributed by atoms with Crippen LogP contribution in [-0.2, 0) is 4.74 Å². The third-order valence-corrected chi connectivity index (χ3v) is 2.69. The Labute approximate surface area is 67.7 Å². The van der Waals surface area contributed by atoms with Crippen molar-refractivity contribution in [2.75, 3.05) is 0 Å². The highest BCUT2D eigenvalue weighted by Crippen LogP contribution is 2.35. The van der Waals surface area contributed by atoms with Crippen LogP contribution in [-0.4, -0.2) is 6.10 Å². The summed E-state index contributed by atoms with van der Waals surface area (Å²) in [6, 6.07) is 0. The molecule has 1 heterocycles. The number of ether oxygens (including phenoxy) is 1. The van der Waals surface area contributed by atoms with Crippen molar-refractivity contribution in [1.29, 1.82) is 0 Å². The summed E-state index contributed by atoms with van der Waals surface area (Å²) in [4.78, 5) is 0. The Morgan fingerprint density at radius 1 is 1.45 bits per heavy atom. The molecular formula is C10H14O. The van der Waals surface area contributed by atoms with Gasteiger partial charge in [0.15, 0.2) is 0 Å². The lowest BCUT2D eigenvalue weighted by molar-refractivity contribution is 0.166. The molecule has 0 aromatic heterocycles. The molecule has 2 atom stereocenters. The maximum atomic E-state index is 5.50. The third kappa shape index (κ3) is 1.09. The van der Waals surface area contributed by atoms with Gasteiger partial charge in [0.05, 0.1) is 6.26 Å². The maximum Gasteiger partial charge on any atom is 0.123 e. The second kappa shape index (κ2) is 2.40. The Kier molecular flexibility index (Phi) is 1.52. The van der Waals surface area contributed by atoms with E-state index in [0.717, 1.165) is 0 Å². The molecule has 0 bridgehead atoms. The SMILES string of the molecule is CC1=C[C@@H]2OC=C(C)[C@@H]2CC1. The van der Waals surface area contributed by atoms with Crippen molar-refractivity contribution in [1.82, 2.24) is 0 Å². The molecule has 2 rings (SSSR count). The zero-order valence-corrected chi connectivity index (χ0v) is 7.13. The molecule has 0 unspecified atom stereocenters. The molecule has 1 aliphatic heterocycles. The van der Waals surface area contributed by atoms with Gasteiger partial charge in [0.25, 0.3) is 0 Å². The second-order valence-electron chi connectivity index (χ2n) is 3.62. The van der Waals surface area contributed by atoms with Gasteiger partial charge in [-0.25, -0.2) is 0 Å². The van der Waals surface area contributed by atoms with Crippen LogP contribution < -0.4 is 0 Å². The van der Waals surface area contributed by atoms with Gasteiger partial charge in [0.2, 0.25) is 0 Å². The molecule has 0 saturated carbocycles. The van der Waals surface area contributed by atoms with Gasteiger partial charge in [0.1, 0.15) is 6.10 Å². The van der Waals surface area contributed by atoms with E-state index in [9.17, 15) is 0 Å². The summed E-state index contributed by atoms with van der Waals surface area (Å²) in [5.74, 6) is 0.679. The average molecular weight is 150 g/mol. The standard InChI is InChI=1S/C10H14O/c1-7-3-4-9-8(2)6-11-10(9)5-7/h5-6,9-10H,3-4H2,1-2H3/t9-,10-/m0/s1. The Bertz CT molecular complexity index is 225. The number of rotatable bonds is 0. The summed E-state index contributed by atoms with van der Waals surface area (Å²) in [6.45, 7) is 4.35. The quantitative estimate of drug-likeness (QED) is 0.482. The minimum Gasteiger partial charge on any atom is -0.493 e. The van der Waals surface area contributed by atoms with Crippen molar-refractivity contribution < 1.29 is 4.74 Å². The third-order valence-electron chi connectivity index (χ3n) is 2.69. The van der Waals surface area contributed by atoms with Crippen LogP contribution >= 0.6 is 0 Å². The van der Waals surface area contributed by atoms with Crippen molar-refractivity contribution in [2.24, 2.45) is 5.92 Å². The molecule has 0 aromatic rings. The van der Waals surface area contributed by atoms with E-state index in [1.165, 1.54) is 24.0 Å². The fourth-order valence-electron chi connectivity index (χ4n) is 1.92. The van der Waals surface area contributed by atoms with Crippen molar-refractivity contribution in [3.63, 3.8) is 0 Å². The maximum absolute atomic E-state index is 5.50. The molecule has 60 valence electrons. The van der Waals surface area contributed by atoms with E-state index < -0.39 is 0 Å². The molecule has 0 fully saturated rings. The normalized spacial score (nSPS) is 35.5. The first-order valence-electron chi connectivity index (χ1n) is 4.27. The van der Waals surface area contributed by atoms with Gasteiger partial charge in [-0.15, -0.1) is 0 Å². The minimum absolute atomic E-state index is 0.365. The number of hydrogen-bond donors (Lipinski definition) is 0. The topological polar surface area (TPSA) is 9.23 Å². The fourth-order valence-corrected chi connectivity index (χ4v) is 1.92. The predicted molar refractivity (Wildman–Crippen MR) is 45.1 cm³/mol. The second-order valence-corrected chi connectivity index (χ2v) is 3.62. The molecule has 0 aromatic carbocycles. The van der Waals surface area contributed by atoms with E-state index >= 15 is 0 Å². The first-order chi connectivity index (χ1) is 5.27. The molecule has 2 aliphatic rings. The number of hydrogen-bond acceptors (Lipinski definition) is 1. The minimum atomic E-state index is 0.365. The molecule has 0 amide bonds. The number of allylic oxidation sites excluding steroid dienone is 1. The Morgan fingerprint density at radius 2 is 2.27 bits per heavy atom. The molecular weight excluding hydrogens is 136 g/mol. The first kappa shape index (κ1) is 6.96. The van der Waals surface area contributed by atoms with Gasteiger partial charge in [-0.3, -0.25) is 0 Å². The molecule has 0 N–H and O–H groups in total. The van der Waals surface area contributed by atoms with Gasteiger partial charge in [-0.1, -0.05) is 5.57 Å². The summed E-state index contributed by atoms with van der Waals surface area (Å²) < 4.78 is 5.50. The van der Waals surface area contributed by atoms with Crippen LogP contribution in [0.5, 0.6) is 0 Å². The van der Waals surface area contributed by atoms with Gasteiger partial charge in [-0.05, 0) is 38.3 Å². The Hall–Kier alpha value is -0.720. The first-order valence-corrected chi connectivity index (χ1v) is 4.27. The van der Waals surface area contributed by atoms with E-state index in [1.54, 1.807) is 0 Å². The summed E-state index contributed by atoms with van der Waals surface area (Å²) in [7, 11) is 0. The lowest BCUT2D eigenvalue weighted by Crippen LogP contribution is -2.19. The zero-order valence-electron chi connectivity index (χ0n) is 7.13. The average Bonchev–Trinajstić information content (AvgIpc) is 2.32. The van der Waals surface area contributed by atoms with Crippen LogP contribution in [0.2, 0.25) is 0 Å². The molecule has 0 radical (unpaired) electrons. The molecule has 1 heteroatoms. The van der Waals surface area contributed by atoms with E-state index in [4.69, 9.17) is 4.74 Å². The molecule has 0 saturated heterocycles. The molecule has 0 spiro atoms. The highest BCUT2D eigenvalue weighted by atomic mass is 16.5. The summed E-state index contributed by atoms with van der Waals surface area (Å²) in [5, 5.41) is 0. The Morgan fingerprint density at radius 3 is 3.09 bits per heavy atom. The van der Waals surface area contributed by atoms with Crippen LogP contribution in [0.25, 0.3) is 0 Å². The van der Waals surface area contributed by atoms with Gasteiger partial charge in [0, 0.05) is 5.92 Å². The highest BCUT2D eigenvalue weighted by Gasteiger charge is 2.29. The summed E-state index contributed by atoms with van der Waals surface area (Å²) >= 11 is 0. The van der Waals surface area contributed by atoms with Gasteiger partial charge in [-0.2, -0.15) is 0 Å². The van der Waals surface area contributed by atoms with E-state index in [2.05, 4.69) is 19.9 Å². The lowest BCUT2D eigenvalue weighted by atomic mass is 9.85. The van der Waals surface area contributed by atoms with Crippen LogP contribution in [0.3, 0.4) is 0 Å². The molecule has 11 heavy (non-hydrogen) atoms. The predicted octanol–water partition coefficient (Wildman–Crippen LogP) is 2.65. The van der Waals surface area contributed by atoms with Crippen molar-refractivity contribution in [2.45, 2.75) is 32.8 Å².